The molecule has 0 radical (unpaired) electrons. The van der Waals surface area contributed by atoms with Crippen LogP contribution < -0.4 is 10.6 Å². The molecule has 3 rings (SSSR count). The minimum atomic E-state index is -2.87. The van der Waals surface area contributed by atoms with Crippen LogP contribution in [0.2, 0.25) is 0 Å². The minimum absolute atomic E-state index is 0.722. The zero-order chi connectivity index (χ0) is 19.2. The third-order valence-corrected chi connectivity index (χ3v) is 4.15. The van der Waals surface area contributed by atoms with E-state index in [9.17, 15) is 0 Å². The molecule has 1 fully saturated rings. The maximum absolute atomic E-state index is 8.70. The van der Waals surface area contributed by atoms with Crippen molar-refractivity contribution in [1.29, 1.82) is 0 Å². The average Bonchev–Trinajstić information content (AvgIpc) is 2.64. The number of hydrogen-bond donors (Lipinski definition) is 4. The summed E-state index contributed by atoms with van der Waals surface area (Å²) in [6.07, 6.45) is 8.06. The molecule has 1 aliphatic heterocycles. The smallest absolute Gasteiger partial charge is 0.356 e. The molecule has 6 nitrogen and oxygen atoms in total. The minimum Gasteiger partial charge on any atom is -0.356 e. The van der Waals surface area contributed by atoms with E-state index in [1.165, 1.54) is 37.7 Å². The second-order valence-electron chi connectivity index (χ2n) is 6.11. The molecule has 4 N–H and O–H groups in total. The zero-order valence-electron chi connectivity index (χ0n) is 15.3. The maximum atomic E-state index is 8.70. The molecule has 2 aliphatic rings. The molecule has 0 spiro atoms. The monoisotopic (exact) mass is 402 g/mol. The van der Waals surface area contributed by atoms with Crippen molar-refractivity contribution in [3.63, 3.8) is 0 Å². The molecule has 146 valence electrons. The van der Waals surface area contributed by atoms with E-state index in [0.29, 0.717) is 0 Å². The highest BCUT2D eigenvalue weighted by Crippen LogP contribution is 2.32. The van der Waals surface area contributed by atoms with Gasteiger partial charge in [0.05, 0.1) is 0 Å². The van der Waals surface area contributed by atoms with Crippen LogP contribution in [0.1, 0.15) is 56.9 Å². The molecule has 0 unspecified atom stereocenters. The lowest BCUT2D eigenvalue weighted by Crippen LogP contribution is -2.35. The van der Waals surface area contributed by atoms with Gasteiger partial charge in [-0.15, -0.1) is 21.4 Å². The summed E-state index contributed by atoms with van der Waals surface area (Å²) < 4.78 is 8.70. The molecule has 1 aromatic rings. The summed E-state index contributed by atoms with van der Waals surface area (Å²) in [5, 5.41) is 6.63. The van der Waals surface area contributed by atoms with Gasteiger partial charge in [-0.3, -0.25) is 4.99 Å². The lowest BCUT2D eigenvalue weighted by atomic mass is 9.84. The lowest BCUT2D eigenvalue weighted by molar-refractivity contribution is 0.405. The van der Waals surface area contributed by atoms with Gasteiger partial charge in [0.2, 0.25) is 0 Å². The Balaban J connectivity index is 0.000000419. The fourth-order valence-corrected chi connectivity index (χ4v) is 3.03. The predicted molar refractivity (Wildman–Crippen MR) is 109 cm³/mol. The number of guanidine groups is 1. The number of rotatable bonds is 2. The van der Waals surface area contributed by atoms with E-state index in [1.54, 1.807) is 0 Å². The Kier molecular flexibility index (Phi) is 12.2. The highest BCUT2D eigenvalue weighted by atomic mass is 35.5. The quantitative estimate of drug-likeness (QED) is 0.435. The molecule has 1 aliphatic carbocycles. The predicted octanol–water partition coefficient (Wildman–Crippen LogP) is 4.37. The van der Waals surface area contributed by atoms with Crippen LogP contribution in [0.25, 0.3) is 0 Å². The first-order valence-corrected chi connectivity index (χ1v) is 10.8. The maximum Gasteiger partial charge on any atom is 0.692 e. The van der Waals surface area contributed by atoms with Crippen molar-refractivity contribution in [3.05, 3.63) is 29.8 Å². The second kappa shape index (κ2) is 13.9. The first kappa shape index (κ1) is 22.8. The fourth-order valence-electron chi connectivity index (χ4n) is 3.03. The number of nitrogens with zero attached hydrogens (tertiary/aromatic N) is 1. The second-order valence-corrected chi connectivity index (χ2v) is 7.15. The standard InChI is InChI=1S/C16H23N3.C2H5Cl.HO3P/c1-2-5-13(6-3-1)14-7-9-15(10-8-14)19-16-17-11-4-12-18-16;1-2-3;1-4(2)3/h7-10,13H,1-6,11-12H2,(H2,17,18,19);2H2,1H3;(H-,1,2,3)/p+1. The Hall–Kier alpha value is -1.20. The van der Waals surface area contributed by atoms with Crippen molar-refractivity contribution >= 4 is 31.5 Å². The SMILES string of the molecule is CCCl.O=[P+](O)O.c1cc(C2CCCCC2)ccc1NC1=NCCCN1. The molecular weight excluding hydrogens is 373 g/mol. The Morgan fingerprint density at radius 2 is 1.77 bits per heavy atom. The number of anilines is 1. The van der Waals surface area contributed by atoms with Gasteiger partial charge >= 0.3 is 8.25 Å². The van der Waals surface area contributed by atoms with Gasteiger partial charge in [0.25, 0.3) is 0 Å². The molecule has 0 amide bonds. The van der Waals surface area contributed by atoms with Crippen LogP contribution in [-0.4, -0.2) is 34.7 Å². The Labute approximate surface area is 162 Å². The number of hydrogen-bond acceptors (Lipinski definition) is 4. The van der Waals surface area contributed by atoms with Crippen LogP contribution >= 0.6 is 19.9 Å². The summed E-state index contributed by atoms with van der Waals surface area (Å²) in [5.74, 6) is 2.42. The zero-order valence-corrected chi connectivity index (χ0v) is 17.0. The van der Waals surface area contributed by atoms with Crippen molar-refractivity contribution in [1.82, 2.24) is 5.32 Å². The summed E-state index contributed by atoms with van der Waals surface area (Å²) in [6, 6.07) is 8.93. The number of aliphatic imine (C=N–C) groups is 1. The van der Waals surface area contributed by atoms with Crippen molar-refractivity contribution < 1.29 is 14.4 Å². The third-order valence-electron chi connectivity index (χ3n) is 4.15. The number of benzene rings is 1. The van der Waals surface area contributed by atoms with Gasteiger partial charge in [-0.1, -0.05) is 38.3 Å². The van der Waals surface area contributed by atoms with Gasteiger partial charge in [-0.2, -0.15) is 0 Å². The van der Waals surface area contributed by atoms with Crippen molar-refractivity contribution in [2.75, 3.05) is 24.3 Å². The van der Waals surface area contributed by atoms with Crippen LogP contribution in [0.3, 0.4) is 0 Å². The van der Waals surface area contributed by atoms with E-state index in [0.717, 1.165) is 43.0 Å². The first-order chi connectivity index (χ1) is 12.6. The number of nitrogens with one attached hydrogen (secondary N) is 2. The van der Waals surface area contributed by atoms with E-state index in [-0.39, 0.29) is 0 Å². The fraction of sp³-hybridized carbons (Fsp3) is 0.611. The van der Waals surface area contributed by atoms with Gasteiger partial charge in [0.15, 0.2) is 5.96 Å². The summed E-state index contributed by atoms with van der Waals surface area (Å²) in [4.78, 5) is 18.7. The van der Waals surface area contributed by atoms with Gasteiger partial charge in [-0.05, 0) is 42.9 Å². The summed E-state index contributed by atoms with van der Waals surface area (Å²) in [7, 11) is -2.87. The van der Waals surface area contributed by atoms with E-state index in [1.807, 2.05) is 6.92 Å². The van der Waals surface area contributed by atoms with E-state index < -0.39 is 8.25 Å². The first-order valence-electron chi connectivity index (χ1n) is 9.13. The van der Waals surface area contributed by atoms with Crippen LogP contribution in [-0.2, 0) is 4.57 Å². The van der Waals surface area contributed by atoms with Gasteiger partial charge in [0, 0.05) is 29.2 Å². The highest BCUT2D eigenvalue weighted by Gasteiger charge is 2.15. The van der Waals surface area contributed by atoms with Gasteiger partial charge in [0.1, 0.15) is 0 Å². The molecular formula is C18H30ClN3O3P+. The molecule has 8 heteroatoms. The number of halogens is 1. The van der Waals surface area contributed by atoms with E-state index in [2.05, 4.69) is 39.9 Å². The van der Waals surface area contributed by atoms with E-state index >= 15 is 0 Å². The molecule has 0 aromatic heterocycles. The Bertz CT molecular complexity index is 545. The average molecular weight is 403 g/mol. The van der Waals surface area contributed by atoms with Crippen molar-refractivity contribution in [2.45, 2.75) is 51.4 Å². The molecule has 1 saturated carbocycles. The lowest BCUT2D eigenvalue weighted by Gasteiger charge is -2.22. The van der Waals surface area contributed by atoms with Gasteiger partial charge in [-0.25, -0.2) is 0 Å². The van der Waals surface area contributed by atoms with Crippen LogP contribution in [0.15, 0.2) is 29.3 Å². The van der Waals surface area contributed by atoms with Crippen LogP contribution in [0, 0.1) is 0 Å². The van der Waals surface area contributed by atoms with Crippen LogP contribution in [0.5, 0.6) is 0 Å². The molecule has 0 saturated heterocycles. The molecule has 0 atom stereocenters. The topological polar surface area (TPSA) is 94.0 Å². The molecule has 26 heavy (non-hydrogen) atoms. The number of alkyl halides is 1. The highest BCUT2D eigenvalue weighted by molar-refractivity contribution is 7.30. The van der Waals surface area contributed by atoms with Crippen LogP contribution in [0.4, 0.5) is 5.69 Å². The summed E-state index contributed by atoms with van der Waals surface area (Å²) in [6.45, 7) is 3.84. The van der Waals surface area contributed by atoms with Gasteiger partial charge < -0.3 is 10.6 Å². The van der Waals surface area contributed by atoms with Crippen molar-refractivity contribution in [2.24, 2.45) is 4.99 Å². The molecule has 1 heterocycles. The third kappa shape index (κ3) is 10.1. The Morgan fingerprint density at radius 3 is 2.27 bits per heavy atom. The normalized spacial score (nSPS) is 16.7. The van der Waals surface area contributed by atoms with Crippen molar-refractivity contribution in [3.8, 4) is 0 Å². The molecule has 0 bridgehead atoms. The summed E-state index contributed by atoms with van der Waals surface area (Å²) in [5.41, 5.74) is 2.64. The summed E-state index contributed by atoms with van der Waals surface area (Å²) >= 11 is 5.00. The van der Waals surface area contributed by atoms with E-state index in [4.69, 9.17) is 26.0 Å². The molecule has 1 aromatic carbocycles. The Morgan fingerprint density at radius 1 is 1.19 bits per heavy atom. The largest absolute Gasteiger partial charge is 0.692 e.